The molecular weight excluding hydrogens is 380 g/mol. The fourth-order valence-electron chi connectivity index (χ4n) is 2.63. The van der Waals surface area contributed by atoms with Crippen molar-refractivity contribution in [3.8, 4) is 16.9 Å². The summed E-state index contributed by atoms with van der Waals surface area (Å²) in [6.45, 7) is 6.36. The summed E-state index contributed by atoms with van der Waals surface area (Å²) < 4.78 is 12.6. The van der Waals surface area contributed by atoms with Gasteiger partial charge < -0.3 is 9.15 Å². The topological polar surface area (TPSA) is 39.4 Å². The summed E-state index contributed by atoms with van der Waals surface area (Å²) >= 11 is 3.41. The van der Waals surface area contributed by atoms with E-state index in [9.17, 15) is 4.79 Å². The number of allylic oxidation sites excluding steroid dienone is 1. The molecule has 4 heteroatoms. The summed E-state index contributed by atoms with van der Waals surface area (Å²) in [5.41, 5.74) is 3.15. The van der Waals surface area contributed by atoms with E-state index >= 15 is 0 Å². The van der Waals surface area contributed by atoms with Crippen LogP contribution in [0.25, 0.3) is 22.1 Å². The second-order valence-electron chi connectivity index (χ2n) is 6.12. The van der Waals surface area contributed by atoms with Crippen molar-refractivity contribution >= 4 is 26.9 Å². The van der Waals surface area contributed by atoms with E-state index in [0.717, 1.165) is 10.0 Å². The van der Waals surface area contributed by atoms with Crippen molar-refractivity contribution in [1.82, 2.24) is 0 Å². The first-order valence-corrected chi connectivity index (χ1v) is 8.84. The van der Waals surface area contributed by atoms with Crippen molar-refractivity contribution < 1.29 is 9.15 Å². The van der Waals surface area contributed by atoms with E-state index in [-0.39, 0.29) is 5.43 Å². The summed E-state index contributed by atoms with van der Waals surface area (Å²) in [6, 6.07) is 13.0. The fourth-order valence-corrected chi connectivity index (χ4v) is 2.89. The number of ether oxygens (including phenoxy) is 1. The Bertz CT molecular complexity index is 994. The van der Waals surface area contributed by atoms with Crippen LogP contribution in [0.2, 0.25) is 0 Å². The highest BCUT2D eigenvalue weighted by molar-refractivity contribution is 9.10. The Hall–Kier alpha value is -2.33. The van der Waals surface area contributed by atoms with E-state index in [1.54, 1.807) is 18.2 Å². The van der Waals surface area contributed by atoms with Gasteiger partial charge in [0.2, 0.25) is 5.43 Å². The van der Waals surface area contributed by atoms with Gasteiger partial charge in [-0.2, -0.15) is 0 Å². The number of benzene rings is 2. The first-order valence-electron chi connectivity index (χ1n) is 8.05. The number of aryl methyl sites for hydroxylation is 1. The summed E-state index contributed by atoms with van der Waals surface area (Å²) in [7, 11) is 0. The monoisotopic (exact) mass is 398 g/mol. The largest absolute Gasteiger partial charge is 0.489 e. The highest BCUT2D eigenvalue weighted by atomic mass is 79.9. The Morgan fingerprint density at radius 1 is 1.16 bits per heavy atom. The maximum absolute atomic E-state index is 12.9. The Kier molecular flexibility index (Phi) is 5.09. The van der Waals surface area contributed by atoms with Crippen molar-refractivity contribution in [3.05, 3.63) is 74.6 Å². The molecule has 0 radical (unpaired) electrons. The molecule has 1 heterocycles. The molecule has 0 fully saturated rings. The van der Waals surface area contributed by atoms with Crippen LogP contribution in [0, 0.1) is 6.92 Å². The van der Waals surface area contributed by atoms with Crippen LogP contribution in [0.1, 0.15) is 19.6 Å². The quantitative estimate of drug-likeness (QED) is 0.515. The van der Waals surface area contributed by atoms with Gasteiger partial charge in [-0.1, -0.05) is 33.6 Å². The minimum atomic E-state index is -0.0306. The van der Waals surface area contributed by atoms with E-state index in [4.69, 9.17) is 9.15 Å². The van der Waals surface area contributed by atoms with Crippen LogP contribution in [-0.2, 0) is 0 Å². The molecular formula is C21H19BrO3. The molecule has 0 amide bonds. The molecule has 0 N–H and O–H groups in total. The molecule has 0 aliphatic rings. The molecule has 0 aliphatic heterocycles. The first-order chi connectivity index (χ1) is 12.0. The van der Waals surface area contributed by atoms with E-state index in [0.29, 0.717) is 34.6 Å². The molecule has 0 unspecified atom stereocenters. The summed E-state index contributed by atoms with van der Waals surface area (Å²) in [4.78, 5) is 12.9. The number of hydrogen-bond acceptors (Lipinski definition) is 3. The minimum Gasteiger partial charge on any atom is -0.489 e. The van der Waals surface area contributed by atoms with Crippen LogP contribution in [-0.4, -0.2) is 6.61 Å². The Morgan fingerprint density at radius 3 is 2.56 bits per heavy atom. The lowest BCUT2D eigenvalue weighted by Crippen LogP contribution is -2.07. The van der Waals surface area contributed by atoms with Crippen molar-refractivity contribution in [2.75, 3.05) is 6.61 Å². The third-order valence-electron chi connectivity index (χ3n) is 3.91. The number of fused-ring (bicyclic) bond motifs is 1. The standard InChI is InChI=1S/C21H19BrO3/c1-13(2)10-11-24-17-8-9-18-19(12-17)25-14(3)20(21(18)23)15-4-6-16(22)7-5-15/h4-10,12H,11H2,1-3H3. The molecule has 1 aromatic heterocycles. The predicted octanol–water partition coefficient (Wildman–Crippen LogP) is 5.88. The minimum absolute atomic E-state index is 0.0306. The zero-order valence-corrected chi connectivity index (χ0v) is 16.0. The Labute approximate surface area is 155 Å². The molecule has 3 rings (SSSR count). The predicted molar refractivity (Wildman–Crippen MR) is 105 cm³/mol. The second kappa shape index (κ2) is 7.28. The highest BCUT2D eigenvalue weighted by Crippen LogP contribution is 2.27. The Balaban J connectivity index is 2.04. The molecule has 0 aliphatic carbocycles. The fraction of sp³-hybridized carbons (Fsp3) is 0.190. The van der Waals surface area contributed by atoms with Gasteiger partial charge in [0.15, 0.2) is 0 Å². The van der Waals surface area contributed by atoms with Crippen LogP contribution < -0.4 is 10.2 Å². The molecule has 0 saturated carbocycles. The van der Waals surface area contributed by atoms with Gasteiger partial charge >= 0.3 is 0 Å². The lowest BCUT2D eigenvalue weighted by atomic mass is 10.0. The molecule has 3 aromatic rings. The highest BCUT2D eigenvalue weighted by Gasteiger charge is 2.14. The zero-order chi connectivity index (χ0) is 18.0. The third kappa shape index (κ3) is 3.85. The van der Waals surface area contributed by atoms with Crippen LogP contribution >= 0.6 is 15.9 Å². The van der Waals surface area contributed by atoms with Crippen molar-refractivity contribution in [2.45, 2.75) is 20.8 Å². The van der Waals surface area contributed by atoms with Crippen molar-refractivity contribution in [2.24, 2.45) is 0 Å². The van der Waals surface area contributed by atoms with Gasteiger partial charge in [-0.3, -0.25) is 4.79 Å². The maximum atomic E-state index is 12.9. The van der Waals surface area contributed by atoms with E-state index in [2.05, 4.69) is 15.9 Å². The molecule has 0 bridgehead atoms. The van der Waals surface area contributed by atoms with Gasteiger partial charge in [-0.15, -0.1) is 0 Å². The van der Waals surface area contributed by atoms with E-state index < -0.39 is 0 Å². The van der Waals surface area contributed by atoms with Gasteiger partial charge in [0.1, 0.15) is 23.7 Å². The lowest BCUT2D eigenvalue weighted by Gasteiger charge is -2.09. The SMILES string of the molecule is CC(C)=CCOc1ccc2c(=O)c(-c3ccc(Br)cc3)c(C)oc2c1. The average molecular weight is 399 g/mol. The third-order valence-corrected chi connectivity index (χ3v) is 4.44. The van der Waals surface area contributed by atoms with Crippen LogP contribution in [0.15, 0.2) is 67.8 Å². The average Bonchev–Trinajstić information content (AvgIpc) is 2.56. The van der Waals surface area contributed by atoms with Crippen molar-refractivity contribution in [1.29, 1.82) is 0 Å². The normalized spacial score (nSPS) is 10.7. The van der Waals surface area contributed by atoms with Crippen LogP contribution in [0.5, 0.6) is 5.75 Å². The maximum Gasteiger partial charge on any atom is 0.200 e. The molecule has 0 saturated heterocycles. The number of rotatable bonds is 4. The van der Waals surface area contributed by atoms with Crippen LogP contribution in [0.3, 0.4) is 0 Å². The van der Waals surface area contributed by atoms with Crippen LogP contribution in [0.4, 0.5) is 0 Å². The summed E-state index contributed by atoms with van der Waals surface area (Å²) in [5, 5.41) is 0.554. The second-order valence-corrected chi connectivity index (χ2v) is 7.04. The molecule has 0 spiro atoms. The molecule has 3 nitrogen and oxygen atoms in total. The number of hydrogen-bond donors (Lipinski definition) is 0. The molecule has 0 atom stereocenters. The lowest BCUT2D eigenvalue weighted by molar-refractivity contribution is 0.361. The van der Waals surface area contributed by atoms with Gasteiger partial charge in [-0.05, 0) is 56.7 Å². The number of halogens is 1. The summed E-state index contributed by atoms with van der Waals surface area (Å²) in [6.07, 6.45) is 2.00. The van der Waals surface area contributed by atoms with Gasteiger partial charge in [0.05, 0.1) is 10.9 Å². The first kappa shape index (κ1) is 17.5. The zero-order valence-electron chi connectivity index (χ0n) is 14.4. The van der Waals surface area contributed by atoms with Gasteiger partial charge in [0.25, 0.3) is 0 Å². The Morgan fingerprint density at radius 2 is 1.88 bits per heavy atom. The van der Waals surface area contributed by atoms with Gasteiger partial charge in [0, 0.05) is 10.5 Å². The molecule has 128 valence electrons. The molecule has 25 heavy (non-hydrogen) atoms. The smallest absolute Gasteiger partial charge is 0.200 e. The van der Waals surface area contributed by atoms with E-state index in [1.807, 2.05) is 51.1 Å². The van der Waals surface area contributed by atoms with Crippen molar-refractivity contribution in [3.63, 3.8) is 0 Å². The van der Waals surface area contributed by atoms with Gasteiger partial charge in [-0.25, -0.2) is 0 Å². The van der Waals surface area contributed by atoms with E-state index in [1.165, 1.54) is 5.57 Å². The molecule has 2 aromatic carbocycles. The summed E-state index contributed by atoms with van der Waals surface area (Å²) in [5.74, 6) is 1.28.